The molecule has 0 N–H and O–H groups in total. The summed E-state index contributed by atoms with van der Waals surface area (Å²) in [4.78, 5) is 25.0. The molecule has 1 saturated heterocycles. The Labute approximate surface area is 168 Å². The lowest BCUT2D eigenvalue weighted by Gasteiger charge is -2.10. The molecule has 0 radical (unpaired) electrons. The van der Waals surface area contributed by atoms with Crippen molar-refractivity contribution in [2.45, 2.75) is 6.61 Å². The molecule has 0 unspecified atom stereocenters. The van der Waals surface area contributed by atoms with Gasteiger partial charge in [-0.2, -0.15) is 5.26 Å². The molecule has 130 valence electrons. The average Bonchev–Trinajstić information content (AvgIpc) is 2.88. The Hall–Kier alpha value is -2.31. The number of likely N-dealkylation sites (N-methyl/N-ethyl adjacent to an activating group) is 1. The molecular formula is C19H13IN2O3S. The number of hydrogen-bond acceptors (Lipinski definition) is 5. The number of hydrogen-bond donors (Lipinski definition) is 0. The Kier molecular flexibility index (Phi) is 5.64. The predicted molar refractivity (Wildman–Crippen MR) is 108 cm³/mol. The van der Waals surface area contributed by atoms with Crippen LogP contribution in [0.15, 0.2) is 47.4 Å². The third kappa shape index (κ3) is 3.92. The van der Waals surface area contributed by atoms with Gasteiger partial charge in [-0.05, 0) is 64.2 Å². The molecule has 1 fully saturated rings. The van der Waals surface area contributed by atoms with Gasteiger partial charge in [0.05, 0.1) is 20.1 Å². The topological polar surface area (TPSA) is 70.4 Å². The van der Waals surface area contributed by atoms with Crippen LogP contribution in [0.5, 0.6) is 5.75 Å². The van der Waals surface area contributed by atoms with E-state index in [1.807, 2.05) is 36.4 Å². The second-order valence-corrected chi connectivity index (χ2v) is 7.64. The zero-order valence-electron chi connectivity index (χ0n) is 13.7. The minimum Gasteiger partial charge on any atom is -0.488 e. The summed E-state index contributed by atoms with van der Waals surface area (Å²) in [5, 5.41) is 8.86. The van der Waals surface area contributed by atoms with Crippen LogP contribution in [0.4, 0.5) is 4.79 Å². The molecule has 0 spiro atoms. The third-order valence-corrected chi connectivity index (χ3v) is 5.57. The van der Waals surface area contributed by atoms with Crippen LogP contribution >= 0.6 is 34.4 Å². The lowest BCUT2D eigenvalue weighted by molar-refractivity contribution is -0.121. The molecular weight excluding hydrogens is 463 g/mol. The quantitative estimate of drug-likeness (QED) is 0.483. The van der Waals surface area contributed by atoms with Crippen LogP contribution in [0.25, 0.3) is 6.08 Å². The molecule has 0 saturated carbocycles. The van der Waals surface area contributed by atoms with Crippen LogP contribution in [-0.4, -0.2) is 23.1 Å². The van der Waals surface area contributed by atoms with Gasteiger partial charge in [0.2, 0.25) is 0 Å². The van der Waals surface area contributed by atoms with Crippen molar-refractivity contribution >= 4 is 51.6 Å². The first-order valence-electron chi connectivity index (χ1n) is 7.61. The van der Waals surface area contributed by atoms with E-state index in [1.54, 1.807) is 12.1 Å². The fourth-order valence-electron chi connectivity index (χ4n) is 2.33. The van der Waals surface area contributed by atoms with E-state index in [0.29, 0.717) is 22.8 Å². The third-order valence-electron chi connectivity index (χ3n) is 3.76. The molecule has 5 nitrogen and oxygen atoms in total. The van der Waals surface area contributed by atoms with Gasteiger partial charge in [0.15, 0.2) is 0 Å². The highest BCUT2D eigenvalue weighted by Gasteiger charge is 2.31. The van der Waals surface area contributed by atoms with Crippen LogP contribution in [0.1, 0.15) is 16.7 Å². The van der Waals surface area contributed by atoms with Crippen molar-refractivity contribution in [3.8, 4) is 11.8 Å². The Morgan fingerprint density at radius 1 is 1.27 bits per heavy atom. The predicted octanol–water partition coefficient (Wildman–Crippen LogP) is 4.41. The van der Waals surface area contributed by atoms with Gasteiger partial charge < -0.3 is 4.74 Å². The monoisotopic (exact) mass is 476 g/mol. The van der Waals surface area contributed by atoms with Crippen molar-refractivity contribution in [3.05, 3.63) is 67.6 Å². The molecule has 2 aromatic rings. The molecule has 2 aromatic carbocycles. The number of halogens is 1. The van der Waals surface area contributed by atoms with Gasteiger partial charge in [-0.25, -0.2) is 0 Å². The summed E-state index contributed by atoms with van der Waals surface area (Å²) in [6, 6.07) is 15.0. The zero-order valence-corrected chi connectivity index (χ0v) is 16.7. The second kappa shape index (κ2) is 7.93. The van der Waals surface area contributed by atoms with Crippen LogP contribution in [0.3, 0.4) is 0 Å². The summed E-state index contributed by atoms with van der Waals surface area (Å²) in [7, 11) is 1.47. The summed E-state index contributed by atoms with van der Waals surface area (Å²) >= 11 is 3.09. The van der Waals surface area contributed by atoms with Gasteiger partial charge in [-0.3, -0.25) is 14.5 Å². The highest BCUT2D eigenvalue weighted by Crippen LogP contribution is 2.32. The normalized spacial score (nSPS) is 15.4. The van der Waals surface area contributed by atoms with E-state index < -0.39 is 0 Å². The number of nitriles is 1. The maximum absolute atomic E-state index is 12.0. The minimum absolute atomic E-state index is 0.271. The number of nitrogens with zero attached hydrogens (tertiary/aromatic N) is 2. The molecule has 0 atom stereocenters. The molecule has 2 amide bonds. The van der Waals surface area contributed by atoms with Gasteiger partial charge >= 0.3 is 0 Å². The lowest BCUT2D eigenvalue weighted by atomic mass is 10.1. The van der Waals surface area contributed by atoms with E-state index in [-0.39, 0.29) is 11.1 Å². The average molecular weight is 476 g/mol. The SMILES string of the molecule is CN1C(=O)S/C(=C\c2ccc(OCc3ccccc3C#N)c(I)c2)C1=O. The molecule has 1 aliphatic rings. The Balaban J connectivity index is 1.75. The number of carbonyl (C=O) groups is 2. The molecule has 7 heteroatoms. The van der Waals surface area contributed by atoms with E-state index >= 15 is 0 Å². The van der Waals surface area contributed by atoms with Crippen LogP contribution < -0.4 is 4.74 Å². The first-order chi connectivity index (χ1) is 12.5. The van der Waals surface area contributed by atoms with E-state index in [0.717, 1.165) is 31.4 Å². The van der Waals surface area contributed by atoms with Crippen molar-refractivity contribution in [2.75, 3.05) is 7.05 Å². The summed E-state index contributed by atoms with van der Waals surface area (Å²) in [6.45, 7) is 0.299. The summed E-state index contributed by atoms with van der Waals surface area (Å²) in [5.74, 6) is 0.405. The van der Waals surface area contributed by atoms with Gasteiger partial charge in [0.25, 0.3) is 11.1 Å². The Bertz CT molecular complexity index is 965. The number of amides is 2. The van der Waals surface area contributed by atoms with E-state index in [9.17, 15) is 9.59 Å². The van der Waals surface area contributed by atoms with Gasteiger partial charge in [-0.1, -0.05) is 24.3 Å². The number of imide groups is 1. The van der Waals surface area contributed by atoms with Gasteiger partial charge in [0, 0.05) is 12.6 Å². The highest BCUT2D eigenvalue weighted by atomic mass is 127. The second-order valence-electron chi connectivity index (χ2n) is 5.49. The number of benzene rings is 2. The van der Waals surface area contributed by atoms with Crippen molar-refractivity contribution < 1.29 is 14.3 Å². The summed E-state index contributed by atoms with van der Waals surface area (Å²) in [6.07, 6.45) is 1.70. The fourth-order valence-corrected chi connectivity index (χ4v) is 3.85. The molecule has 0 aromatic heterocycles. The lowest BCUT2D eigenvalue weighted by Crippen LogP contribution is -2.22. The highest BCUT2D eigenvalue weighted by molar-refractivity contribution is 14.1. The Morgan fingerprint density at radius 2 is 2.04 bits per heavy atom. The van der Waals surface area contributed by atoms with E-state index in [4.69, 9.17) is 10.00 Å². The number of rotatable bonds is 4. The fraction of sp³-hybridized carbons (Fsp3) is 0.105. The van der Waals surface area contributed by atoms with Crippen LogP contribution in [0, 0.1) is 14.9 Å². The standard InChI is InChI=1S/C19H13IN2O3S/c1-22-18(23)17(26-19(22)24)9-12-6-7-16(15(20)8-12)25-11-14-5-3-2-4-13(14)10-21/h2-9H,11H2,1H3/b17-9-. The smallest absolute Gasteiger partial charge is 0.293 e. The largest absolute Gasteiger partial charge is 0.488 e. The number of thioether (sulfide) groups is 1. The maximum atomic E-state index is 12.0. The van der Waals surface area contributed by atoms with Crippen LogP contribution in [0.2, 0.25) is 0 Å². The Morgan fingerprint density at radius 3 is 2.69 bits per heavy atom. The first kappa shape index (κ1) is 18.5. The molecule has 3 rings (SSSR count). The molecule has 0 bridgehead atoms. The van der Waals surface area contributed by atoms with Gasteiger partial charge in [0.1, 0.15) is 12.4 Å². The van der Waals surface area contributed by atoms with E-state index in [1.165, 1.54) is 7.05 Å². The van der Waals surface area contributed by atoms with Crippen molar-refractivity contribution in [3.63, 3.8) is 0 Å². The van der Waals surface area contributed by atoms with Crippen molar-refractivity contribution in [1.82, 2.24) is 4.90 Å². The van der Waals surface area contributed by atoms with Crippen molar-refractivity contribution in [1.29, 1.82) is 5.26 Å². The first-order valence-corrected chi connectivity index (χ1v) is 9.51. The van der Waals surface area contributed by atoms with Crippen LogP contribution in [-0.2, 0) is 11.4 Å². The summed E-state index contributed by atoms with van der Waals surface area (Å²) < 4.78 is 6.71. The van der Waals surface area contributed by atoms with Crippen molar-refractivity contribution in [2.24, 2.45) is 0 Å². The number of ether oxygens (including phenoxy) is 1. The maximum Gasteiger partial charge on any atom is 0.293 e. The van der Waals surface area contributed by atoms with Gasteiger partial charge in [-0.15, -0.1) is 0 Å². The summed E-state index contributed by atoms with van der Waals surface area (Å²) in [5.41, 5.74) is 2.24. The van der Waals surface area contributed by atoms with E-state index in [2.05, 4.69) is 28.7 Å². The minimum atomic E-state index is -0.288. The molecule has 26 heavy (non-hydrogen) atoms. The number of carbonyl (C=O) groups excluding carboxylic acids is 2. The molecule has 1 aliphatic heterocycles. The molecule has 1 heterocycles. The zero-order chi connectivity index (χ0) is 18.7. The molecule has 0 aliphatic carbocycles.